The van der Waals surface area contributed by atoms with Crippen LogP contribution in [0.2, 0.25) is 0 Å². The van der Waals surface area contributed by atoms with Crippen molar-refractivity contribution in [1.29, 1.82) is 0 Å². The van der Waals surface area contributed by atoms with Crippen molar-refractivity contribution in [2.45, 2.75) is 128 Å². The van der Waals surface area contributed by atoms with Crippen LogP contribution < -0.4 is 36.1 Å². The number of amides is 8. The quantitative estimate of drug-likeness (QED) is 0.0521. The number of nitrogens with zero attached hydrogens (tertiary/aromatic N) is 4. The number of imide groups is 1. The van der Waals surface area contributed by atoms with Crippen LogP contribution in [0.1, 0.15) is 112 Å². The van der Waals surface area contributed by atoms with Gasteiger partial charge in [-0.2, -0.15) is 0 Å². The highest BCUT2D eigenvalue weighted by Crippen LogP contribution is 2.40. The van der Waals surface area contributed by atoms with E-state index in [0.29, 0.717) is 54.1 Å². The van der Waals surface area contributed by atoms with Crippen LogP contribution in [0.15, 0.2) is 65.8 Å². The lowest BCUT2D eigenvalue weighted by Gasteiger charge is -2.33. The molecular weight excluding hydrogens is 971 g/mol. The Morgan fingerprint density at radius 1 is 0.813 bits per heavy atom. The van der Waals surface area contributed by atoms with Gasteiger partial charge in [-0.15, -0.1) is 0 Å². The van der Waals surface area contributed by atoms with Crippen molar-refractivity contribution >= 4 is 76.2 Å². The number of carbonyl (C=O) groups is 8. The topological polar surface area (TPSA) is 289 Å². The van der Waals surface area contributed by atoms with Crippen molar-refractivity contribution in [2.24, 2.45) is 18.0 Å². The normalized spacial score (nSPS) is 19.9. The van der Waals surface area contributed by atoms with E-state index in [1.165, 1.54) is 25.1 Å². The summed E-state index contributed by atoms with van der Waals surface area (Å²) in [6, 6.07) is 9.11. The number of hydrogen-bond donors (Lipinski definition) is 7. The molecule has 5 heterocycles. The molecule has 0 spiro atoms. The summed E-state index contributed by atoms with van der Waals surface area (Å²) in [7, 11) is 1.66. The summed E-state index contributed by atoms with van der Waals surface area (Å²) in [6.45, 7) is 5.73. The molecule has 22 heteroatoms. The Morgan fingerprint density at radius 2 is 1.53 bits per heavy atom. The van der Waals surface area contributed by atoms with Crippen LogP contribution in [-0.2, 0) is 40.6 Å². The molecule has 402 valence electrons. The second kappa shape index (κ2) is 25.7. The van der Waals surface area contributed by atoms with Gasteiger partial charge in [0, 0.05) is 87.8 Å². The predicted octanol–water partition coefficient (Wildman–Crippen LogP) is 4.09. The number of unbranched alkanes of at least 4 members (excludes halogenated alkanes) is 2. The van der Waals surface area contributed by atoms with Crippen molar-refractivity contribution in [3.8, 4) is 11.5 Å². The fourth-order valence-corrected chi connectivity index (χ4v) is 9.11. The summed E-state index contributed by atoms with van der Waals surface area (Å²) in [6.07, 6.45) is 8.76. The van der Waals surface area contributed by atoms with Gasteiger partial charge in [0.25, 0.3) is 23.6 Å². The first-order valence-electron chi connectivity index (χ1n) is 25.5. The molecule has 2 aromatic carbocycles. The second-order valence-corrected chi connectivity index (χ2v) is 19.5. The Kier molecular flexibility index (Phi) is 18.9. The highest BCUT2D eigenvalue weighted by atomic mass is 16.7. The van der Waals surface area contributed by atoms with Crippen LogP contribution in [0.4, 0.5) is 22.7 Å². The van der Waals surface area contributed by atoms with Gasteiger partial charge in [-0.1, -0.05) is 20.3 Å². The van der Waals surface area contributed by atoms with Crippen molar-refractivity contribution < 1.29 is 62.8 Å². The minimum atomic E-state index is -0.965. The summed E-state index contributed by atoms with van der Waals surface area (Å²) in [5, 5.41) is 33.9. The lowest BCUT2D eigenvalue weighted by atomic mass is 10.0. The molecule has 4 aliphatic heterocycles. The van der Waals surface area contributed by atoms with Gasteiger partial charge in [-0.25, -0.2) is 0 Å². The Balaban J connectivity index is 0.849. The lowest BCUT2D eigenvalue weighted by Crippen LogP contribution is -2.53. The van der Waals surface area contributed by atoms with Crippen molar-refractivity contribution in [2.75, 3.05) is 42.3 Å². The van der Waals surface area contributed by atoms with E-state index in [0.717, 1.165) is 24.2 Å². The number of hydrogen-bond acceptors (Lipinski definition) is 14. The molecule has 4 aliphatic rings. The number of benzene rings is 2. The number of ether oxygens (including phenoxy) is 3. The SMILES string of the molecule is CC(C)C(NC(=O)CCCCCN1C(=O)C=CC1=O)C(=O)N[C@@H](C)C(=O)Nc1ccc(NC(=O)c2cc(NC(=O)CCCOc3cc4c(cc3O[C@H]3C[C@@H](O)C[C@@H](CO)O3)C(=O)N3CCCCC3C=N4)cn2C)cc1. The van der Waals surface area contributed by atoms with Crippen LogP contribution in [0, 0.1) is 5.92 Å². The van der Waals surface area contributed by atoms with Gasteiger partial charge in [0.2, 0.25) is 29.9 Å². The molecule has 2 fully saturated rings. The Hall–Kier alpha value is -7.43. The lowest BCUT2D eigenvalue weighted by molar-refractivity contribution is -0.185. The third kappa shape index (κ3) is 14.9. The number of piperidine rings is 1. The van der Waals surface area contributed by atoms with Gasteiger partial charge in [0.1, 0.15) is 17.8 Å². The highest BCUT2D eigenvalue weighted by molar-refractivity contribution is 6.13. The number of anilines is 3. The molecule has 75 heavy (non-hydrogen) atoms. The first-order valence-corrected chi connectivity index (χ1v) is 25.5. The Morgan fingerprint density at radius 3 is 2.25 bits per heavy atom. The maximum atomic E-state index is 13.7. The summed E-state index contributed by atoms with van der Waals surface area (Å²) in [5.74, 6) is -2.84. The van der Waals surface area contributed by atoms with Crippen molar-refractivity contribution in [3.63, 3.8) is 0 Å². The summed E-state index contributed by atoms with van der Waals surface area (Å²) in [5.41, 5.74) is 2.23. The number of fused-ring (bicyclic) bond motifs is 2. The fourth-order valence-electron chi connectivity index (χ4n) is 9.11. The second-order valence-electron chi connectivity index (χ2n) is 19.5. The molecule has 6 atom stereocenters. The minimum Gasteiger partial charge on any atom is -0.490 e. The molecule has 3 aromatic rings. The first kappa shape index (κ1) is 55.3. The molecule has 7 rings (SSSR count). The number of nitrogens with one attached hydrogen (secondary N) is 5. The number of aliphatic imine (C=N–C) groups is 1. The number of aryl methyl sites for hydroxylation is 1. The van der Waals surface area contributed by atoms with Gasteiger partial charge >= 0.3 is 0 Å². The van der Waals surface area contributed by atoms with Crippen molar-refractivity contribution in [1.82, 2.24) is 25.0 Å². The summed E-state index contributed by atoms with van der Waals surface area (Å²) >= 11 is 0. The smallest absolute Gasteiger partial charge is 0.272 e. The third-order valence-electron chi connectivity index (χ3n) is 13.2. The Bertz CT molecular complexity index is 2650. The van der Waals surface area contributed by atoms with E-state index in [-0.39, 0.29) is 111 Å². The van der Waals surface area contributed by atoms with E-state index in [9.17, 15) is 48.6 Å². The Labute approximate surface area is 434 Å². The fraction of sp³-hybridized carbons (Fsp3) is 0.491. The summed E-state index contributed by atoms with van der Waals surface area (Å²) in [4.78, 5) is 110. The standard InChI is InChI=1S/C53H67N9O13/c1-31(2)49(59-45(66)12-6-5-8-21-62-46(67)18-19-47(62)68)52(71)55-32(3)50(69)57-33-14-16-34(17-15-33)58-51(70)41-23-35(29-60(41)4)56-44(65)13-10-22-73-42-27-40-39(53(72)61-20-9-7-11-36(61)28-54-40)26-43(42)75-48-25-37(64)24-38(30-63)74-48/h14-19,23,26-29,31-32,36-38,48-49,63-64H,5-13,20-22,24-25,30H2,1-4H3,(H,55,71)(H,56,65)(H,57,69)(H,58,70)(H,59,66)/t32-,36?,37-,38-,48-,49?/m0/s1. The van der Waals surface area contributed by atoms with E-state index in [1.54, 1.807) is 79.2 Å². The van der Waals surface area contributed by atoms with Gasteiger partial charge in [0.05, 0.1) is 48.4 Å². The van der Waals surface area contributed by atoms with Crippen molar-refractivity contribution in [3.05, 3.63) is 72.1 Å². The van der Waals surface area contributed by atoms with Gasteiger partial charge in [0.15, 0.2) is 11.5 Å². The monoisotopic (exact) mass is 1040 g/mol. The zero-order valence-corrected chi connectivity index (χ0v) is 42.7. The molecule has 0 bridgehead atoms. The zero-order chi connectivity index (χ0) is 53.8. The zero-order valence-electron chi connectivity index (χ0n) is 42.7. The molecule has 7 N–H and O–H groups in total. The molecule has 2 unspecified atom stereocenters. The van der Waals surface area contributed by atoms with Crippen LogP contribution >= 0.6 is 0 Å². The van der Waals surface area contributed by atoms with E-state index in [2.05, 4.69) is 31.6 Å². The number of aromatic nitrogens is 1. The number of rotatable bonds is 23. The maximum absolute atomic E-state index is 13.7. The highest BCUT2D eigenvalue weighted by Gasteiger charge is 2.34. The van der Waals surface area contributed by atoms with Crippen LogP contribution in [-0.4, -0.2) is 141 Å². The first-order chi connectivity index (χ1) is 36.0. The molecule has 1 aromatic heterocycles. The molecule has 22 nitrogen and oxygen atoms in total. The van der Waals surface area contributed by atoms with E-state index >= 15 is 0 Å². The number of aliphatic hydroxyl groups is 2. The predicted molar refractivity (Wildman–Crippen MR) is 275 cm³/mol. The molecule has 2 saturated heterocycles. The maximum Gasteiger partial charge on any atom is 0.272 e. The number of aliphatic hydroxyl groups excluding tert-OH is 2. The molecule has 0 saturated carbocycles. The van der Waals surface area contributed by atoms with E-state index in [1.807, 2.05) is 0 Å². The van der Waals surface area contributed by atoms with Crippen LogP contribution in [0.3, 0.4) is 0 Å². The third-order valence-corrected chi connectivity index (χ3v) is 13.2. The largest absolute Gasteiger partial charge is 0.490 e. The van der Waals surface area contributed by atoms with Gasteiger partial charge in [-0.05, 0) is 87.8 Å². The van der Waals surface area contributed by atoms with Crippen LogP contribution in [0.25, 0.3) is 0 Å². The average Bonchev–Trinajstić information content (AvgIpc) is 3.87. The minimum absolute atomic E-state index is 0.0586. The molecule has 0 aliphatic carbocycles. The molecular formula is C53H67N9O13. The number of carbonyl (C=O) groups excluding carboxylic acids is 8. The van der Waals surface area contributed by atoms with Gasteiger partial charge in [-0.3, -0.25) is 48.2 Å². The van der Waals surface area contributed by atoms with E-state index < -0.39 is 48.3 Å². The summed E-state index contributed by atoms with van der Waals surface area (Å²) < 4.78 is 19.7. The van der Waals surface area contributed by atoms with Gasteiger partial charge < -0.3 is 60.5 Å². The van der Waals surface area contributed by atoms with Crippen LogP contribution in [0.5, 0.6) is 11.5 Å². The van der Waals surface area contributed by atoms with E-state index in [4.69, 9.17) is 14.2 Å². The average molecular weight is 1040 g/mol. The molecule has 8 amide bonds. The molecule has 0 radical (unpaired) electrons.